The molecule has 0 radical (unpaired) electrons. The average Bonchev–Trinajstić information content (AvgIpc) is 2.82. The van der Waals surface area contributed by atoms with E-state index < -0.39 is 0 Å². The zero-order valence-electron chi connectivity index (χ0n) is 10.9. The van der Waals surface area contributed by atoms with Crippen molar-refractivity contribution in [2.75, 3.05) is 0 Å². The number of benzene rings is 1. The van der Waals surface area contributed by atoms with Crippen LogP contribution < -0.4 is 0 Å². The third-order valence-corrected chi connectivity index (χ3v) is 3.29. The van der Waals surface area contributed by atoms with Gasteiger partial charge in [0.15, 0.2) is 0 Å². The Hall–Kier alpha value is -1.57. The van der Waals surface area contributed by atoms with Gasteiger partial charge >= 0.3 is 0 Å². The molecule has 0 fully saturated rings. The van der Waals surface area contributed by atoms with E-state index in [-0.39, 0.29) is 5.41 Å². The van der Waals surface area contributed by atoms with E-state index in [0.717, 1.165) is 5.69 Å². The maximum absolute atomic E-state index is 4.23. The van der Waals surface area contributed by atoms with Crippen LogP contribution in [0.2, 0.25) is 0 Å². The molecule has 1 aromatic heterocycles. The summed E-state index contributed by atoms with van der Waals surface area (Å²) < 4.78 is 1.89. The number of nitrogens with zero attached hydrogens (tertiary/aromatic N) is 2. The highest BCUT2D eigenvalue weighted by molar-refractivity contribution is 5.36. The molecule has 0 N–H and O–H groups in total. The van der Waals surface area contributed by atoms with Gasteiger partial charge in [0.2, 0.25) is 0 Å². The van der Waals surface area contributed by atoms with Crippen LogP contribution in [-0.2, 0) is 5.41 Å². The van der Waals surface area contributed by atoms with Crippen molar-refractivity contribution in [2.45, 2.75) is 39.0 Å². The highest BCUT2D eigenvalue weighted by atomic mass is 15.3. The Labute approximate surface area is 103 Å². The predicted molar refractivity (Wildman–Crippen MR) is 71.5 cm³/mol. The Balaban J connectivity index is 2.24. The van der Waals surface area contributed by atoms with E-state index in [0.29, 0.717) is 0 Å². The van der Waals surface area contributed by atoms with Crippen molar-refractivity contribution >= 4 is 0 Å². The molecule has 90 valence electrons. The third kappa shape index (κ3) is 2.57. The zero-order valence-corrected chi connectivity index (χ0v) is 10.9. The highest BCUT2D eigenvalue weighted by Crippen LogP contribution is 2.28. The summed E-state index contributed by atoms with van der Waals surface area (Å²) >= 11 is 0. The maximum Gasteiger partial charge on any atom is 0.0645 e. The summed E-state index contributed by atoms with van der Waals surface area (Å²) in [6, 6.07) is 10.6. The SMILES string of the molecule is CCCC(C)(C)c1ccc(-n2cccn2)cc1. The van der Waals surface area contributed by atoms with Crippen molar-refractivity contribution in [3.63, 3.8) is 0 Å². The standard InChI is InChI=1S/C15H20N2/c1-4-10-15(2,3)13-6-8-14(9-7-13)17-12-5-11-16-17/h5-9,11-12H,4,10H2,1-3H3. The average molecular weight is 228 g/mol. The van der Waals surface area contributed by atoms with Gasteiger partial charge in [-0.05, 0) is 35.6 Å². The normalized spacial score (nSPS) is 11.7. The fourth-order valence-corrected chi connectivity index (χ4v) is 2.26. The molecular formula is C15H20N2. The van der Waals surface area contributed by atoms with Gasteiger partial charge in [0.05, 0.1) is 5.69 Å². The van der Waals surface area contributed by atoms with Crippen LogP contribution >= 0.6 is 0 Å². The molecule has 0 saturated carbocycles. The van der Waals surface area contributed by atoms with E-state index in [1.807, 2.05) is 16.9 Å². The fourth-order valence-electron chi connectivity index (χ4n) is 2.26. The Morgan fingerprint density at radius 1 is 1.18 bits per heavy atom. The predicted octanol–water partition coefficient (Wildman–Crippen LogP) is 3.95. The lowest BCUT2D eigenvalue weighted by molar-refractivity contribution is 0.473. The van der Waals surface area contributed by atoms with Gasteiger partial charge in [0, 0.05) is 12.4 Å². The fraction of sp³-hybridized carbons (Fsp3) is 0.400. The van der Waals surface area contributed by atoms with Crippen molar-refractivity contribution in [3.05, 3.63) is 48.3 Å². The molecule has 0 spiro atoms. The summed E-state index contributed by atoms with van der Waals surface area (Å²) in [5.74, 6) is 0. The second kappa shape index (κ2) is 4.74. The molecule has 17 heavy (non-hydrogen) atoms. The molecule has 2 rings (SSSR count). The molecule has 0 amide bonds. The Kier molecular flexibility index (Phi) is 3.32. The highest BCUT2D eigenvalue weighted by Gasteiger charge is 2.18. The van der Waals surface area contributed by atoms with Crippen molar-refractivity contribution in [3.8, 4) is 5.69 Å². The summed E-state index contributed by atoms with van der Waals surface area (Å²) in [5.41, 5.74) is 2.78. The van der Waals surface area contributed by atoms with E-state index in [9.17, 15) is 0 Å². The Bertz CT molecular complexity index is 452. The second-order valence-electron chi connectivity index (χ2n) is 5.13. The lowest BCUT2D eigenvalue weighted by Crippen LogP contribution is -2.16. The summed E-state index contributed by atoms with van der Waals surface area (Å²) in [5, 5.41) is 4.23. The minimum atomic E-state index is 0.261. The molecule has 0 aliphatic heterocycles. The number of hydrogen-bond donors (Lipinski definition) is 0. The second-order valence-corrected chi connectivity index (χ2v) is 5.13. The number of rotatable bonds is 4. The van der Waals surface area contributed by atoms with Crippen LogP contribution in [0.15, 0.2) is 42.7 Å². The van der Waals surface area contributed by atoms with E-state index in [1.165, 1.54) is 18.4 Å². The van der Waals surface area contributed by atoms with Crippen molar-refractivity contribution in [1.29, 1.82) is 0 Å². The van der Waals surface area contributed by atoms with E-state index in [4.69, 9.17) is 0 Å². The molecule has 2 nitrogen and oxygen atoms in total. The molecule has 1 aromatic carbocycles. The summed E-state index contributed by atoms with van der Waals surface area (Å²) in [4.78, 5) is 0. The van der Waals surface area contributed by atoms with Gasteiger partial charge in [-0.2, -0.15) is 5.10 Å². The largest absolute Gasteiger partial charge is 0.241 e. The number of hydrogen-bond acceptors (Lipinski definition) is 1. The van der Waals surface area contributed by atoms with Crippen molar-refractivity contribution in [2.24, 2.45) is 0 Å². The van der Waals surface area contributed by atoms with Crippen LogP contribution in [0.5, 0.6) is 0 Å². The molecule has 2 aromatic rings. The molecule has 0 unspecified atom stereocenters. The minimum absolute atomic E-state index is 0.261. The van der Waals surface area contributed by atoms with Crippen molar-refractivity contribution in [1.82, 2.24) is 9.78 Å². The summed E-state index contributed by atoms with van der Waals surface area (Å²) in [7, 11) is 0. The molecule has 1 heterocycles. The zero-order chi connectivity index (χ0) is 12.3. The summed E-state index contributed by atoms with van der Waals surface area (Å²) in [6.07, 6.45) is 6.20. The quantitative estimate of drug-likeness (QED) is 0.774. The first kappa shape index (κ1) is 11.9. The maximum atomic E-state index is 4.23. The molecule has 0 aliphatic rings. The lowest BCUT2D eigenvalue weighted by Gasteiger charge is -2.24. The first-order valence-corrected chi connectivity index (χ1v) is 6.24. The van der Waals surface area contributed by atoms with Gasteiger partial charge in [-0.15, -0.1) is 0 Å². The van der Waals surface area contributed by atoms with Crippen LogP contribution in [-0.4, -0.2) is 9.78 Å². The first-order valence-electron chi connectivity index (χ1n) is 6.24. The van der Waals surface area contributed by atoms with E-state index >= 15 is 0 Å². The molecule has 0 saturated heterocycles. The molecule has 0 aliphatic carbocycles. The van der Waals surface area contributed by atoms with Gasteiger partial charge in [0.25, 0.3) is 0 Å². The monoisotopic (exact) mass is 228 g/mol. The van der Waals surface area contributed by atoms with Gasteiger partial charge in [-0.3, -0.25) is 0 Å². The van der Waals surface area contributed by atoms with Gasteiger partial charge < -0.3 is 0 Å². The van der Waals surface area contributed by atoms with Gasteiger partial charge in [-0.1, -0.05) is 39.3 Å². The Morgan fingerprint density at radius 2 is 1.88 bits per heavy atom. The molecule has 0 bridgehead atoms. The topological polar surface area (TPSA) is 17.8 Å². The first-order chi connectivity index (χ1) is 8.13. The Morgan fingerprint density at radius 3 is 2.41 bits per heavy atom. The van der Waals surface area contributed by atoms with Crippen LogP contribution in [0, 0.1) is 0 Å². The van der Waals surface area contributed by atoms with E-state index in [1.54, 1.807) is 6.20 Å². The van der Waals surface area contributed by atoms with Crippen LogP contribution in [0.4, 0.5) is 0 Å². The summed E-state index contributed by atoms with van der Waals surface area (Å²) in [6.45, 7) is 6.85. The lowest BCUT2D eigenvalue weighted by atomic mass is 9.81. The minimum Gasteiger partial charge on any atom is -0.241 e. The molecular weight excluding hydrogens is 208 g/mol. The smallest absolute Gasteiger partial charge is 0.0645 e. The van der Waals surface area contributed by atoms with Crippen LogP contribution in [0.3, 0.4) is 0 Å². The molecule has 2 heteroatoms. The van der Waals surface area contributed by atoms with Crippen LogP contribution in [0.25, 0.3) is 5.69 Å². The van der Waals surface area contributed by atoms with Crippen LogP contribution in [0.1, 0.15) is 39.2 Å². The third-order valence-electron chi connectivity index (χ3n) is 3.29. The molecule has 0 atom stereocenters. The van der Waals surface area contributed by atoms with Gasteiger partial charge in [-0.25, -0.2) is 4.68 Å². The van der Waals surface area contributed by atoms with E-state index in [2.05, 4.69) is 50.1 Å². The van der Waals surface area contributed by atoms with Crippen molar-refractivity contribution < 1.29 is 0 Å². The van der Waals surface area contributed by atoms with Gasteiger partial charge in [0.1, 0.15) is 0 Å². The number of aromatic nitrogens is 2.